The molecule has 0 fully saturated rings. The predicted molar refractivity (Wildman–Crippen MR) is 85.6 cm³/mol. The fourth-order valence-corrected chi connectivity index (χ4v) is 2.72. The Labute approximate surface area is 126 Å². The number of nitrogens with one attached hydrogen (secondary N) is 1. The van der Waals surface area contributed by atoms with Crippen LogP contribution >= 0.6 is 11.8 Å². The van der Waals surface area contributed by atoms with Gasteiger partial charge in [-0.25, -0.2) is 0 Å². The van der Waals surface area contributed by atoms with E-state index in [0.717, 1.165) is 11.5 Å². The fraction of sp³-hybridized carbons (Fsp3) is 0.562. The second-order valence-electron chi connectivity index (χ2n) is 5.36. The Balaban J connectivity index is 2.28. The minimum atomic E-state index is -0.0166. The molecule has 3 atom stereocenters. The molecule has 4 heteroatoms. The highest BCUT2D eigenvalue weighted by Gasteiger charge is 2.18. The number of hydrogen-bond donors (Lipinski definition) is 2. The highest BCUT2D eigenvalue weighted by Crippen LogP contribution is 2.15. The largest absolute Gasteiger partial charge is 0.396 e. The molecule has 0 saturated carbocycles. The average molecular weight is 295 g/mol. The van der Waals surface area contributed by atoms with Crippen LogP contribution in [0.4, 0.5) is 0 Å². The van der Waals surface area contributed by atoms with Crippen LogP contribution in [0, 0.1) is 11.8 Å². The van der Waals surface area contributed by atoms with Gasteiger partial charge in [-0.2, -0.15) is 11.8 Å². The van der Waals surface area contributed by atoms with Gasteiger partial charge in [0.1, 0.15) is 0 Å². The second kappa shape index (κ2) is 9.03. The van der Waals surface area contributed by atoms with E-state index < -0.39 is 0 Å². The molecule has 0 aromatic heterocycles. The van der Waals surface area contributed by atoms with E-state index in [4.69, 9.17) is 5.11 Å². The number of aliphatic hydroxyl groups excluding tert-OH is 1. The van der Waals surface area contributed by atoms with E-state index in [0.29, 0.717) is 0 Å². The van der Waals surface area contributed by atoms with Crippen LogP contribution in [0.15, 0.2) is 30.3 Å². The van der Waals surface area contributed by atoms with Gasteiger partial charge in [-0.3, -0.25) is 4.79 Å². The van der Waals surface area contributed by atoms with E-state index in [-0.39, 0.29) is 30.4 Å². The zero-order valence-corrected chi connectivity index (χ0v) is 13.3. The summed E-state index contributed by atoms with van der Waals surface area (Å²) in [6.07, 6.45) is 0. The number of amides is 1. The average Bonchev–Trinajstić information content (AvgIpc) is 2.47. The van der Waals surface area contributed by atoms with Crippen molar-refractivity contribution in [2.24, 2.45) is 11.8 Å². The third-order valence-electron chi connectivity index (χ3n) is 3.44. The molecule has 3 unspecified atom stereocenters. The summed E-state index contributed by atoms with van der Waals surface area (Å²) in [5.74, 6) is 1.88. The maximum atomic E-state index is 12.0. The lowest BCUT2D eigenvalue weighted by Gasteiger charge is -2.21. The van der Waals surface area contributed by atoms with Crippen LogP contribution < -0.4 is 5.32 Å². The summed E-state index contributed by atoms with van der Waals surface area (Å²) in [5, 5.41) is 12.0. The lowest BCUT2D eigenvalue weighted by atomic mass is 10.0. The Kier molecular flexibility index (Phi) is 7.70. The van der Waals surface area contributed by atoms with Crippen molar-refractivity contribution in [2.75, 3.05) is 12.4 Å². The van der Waals surface area contributed by atoms with Gasteiger partial charge in [0.25, 0.3) is 0 Å². The molecule has 20 heavy (non-hydrogen) atoms. The summed E-state index contributed by atoms with van der Waals surface area (Å²) in [7, 11) is 0. The fourth-order valence-electron chi connectivity index (χ4n) is 1.67. The number of carbonyl (C=O) groups excluding carboxylic acids is 1. The standard InChI is InChI=1S/C16H25NO2S/c1-12(9-18)14(3)17-16(19)13(2)10-20-11-15-7-5-4-6-8-15/h4-8,12-14,18H,9-11H2,1-3H3,(H,17,19). The molecule has 0 aliphatic rings. The van der Waals surface area contributed by atoms with Gasteiger partial charge in [0.2, 0.25) is 5.91 Å². The molecule has 0 spiro atoms. The molecule has 0 bridgehead atoms. The Morgan fingerprint density at radius 3 is 2.50 bits per heavy atom. The number of benzene rings is 1. The van der Waals surface area contributed by atoms with E-state index in [1.165, 1.54) is 5.56 Å². The topological polar surface area (TPSA) is 49.3 Å². The van der Waals surface area contributed by atoms with Crippen LogP contribution in [-0.2, 0) is 10.5 Å². The summed E-state index contributed by atoms with van der Waals surface area (Å²) < 4.78 is 0. The minimum Gasteiger partial charge on any atom is -0.396 e. The lowest BCUT2D eigenvalue weighted by Crippen LogP contribution is -2.41. The first-order chi connectivity index (χ1) is 9.54. The molecule has 0 saturated heterocycles. The van der Waals surface area contributed by atoms with Gasteiger partial charge < -0.3 is 10.4 Å². The summed E-state index contributed by atoms with van der Waals surface area (Å²) in [6, 6.07) is 10.3. The lowest BCUT2D eigenvalue weighted by molar-refractivity contribution is -0.124. The van der Waals surface area contributed by atoms with E-state index in [1.54, 1.807) is 11.8 Å². The number of thioether (sulfide) groups is 1. The highest BCUT2D eigenvalue weighted by molar-refractivity contribution is 7.98. The van der Waals surface area contributed by atoms with Gasteiger partial charge in [-0.05, 0) is 18.4 Å². The van der Waals surface area contributed by atoms with Crippen molar-refractivity contribution in [3.63, 3.8) is 0 Å². The van der Waals surface area contributed by atoms with Crippen LogP contribution in [0.2, 0.25) is 0 Å². The van der Waals surface area contributed by atoms with E-state index >= 15 is 0 Å². The maximum Gasteiger partial charge on any atom is 0.223 e. The molecule has 1 amide bonds. The molecule has 3 nitrogen and oxygen atoms in total. The van der Waals surface area contributed by atoms with E-state index in [9.17, 15) is 4.79 Å². The van der Waals surface area contributed by atoms with Gasteiger partial charge in [0, 0.05) is 30.1 Å². The maximum absolute atomic E-state index is 12.0. The molecule has 1 aromatic carbocycles. The molecule has 0 aliphatic heterocycles. The first kappa shape index (κ1) is 17.1. The van der Waals surface area contributed by atoms with Gasteiger partial charge in [-0.15, -0.1) is 0 Å². The van der Waals surface area contributed by atoms with E-state index in [2.05, 4.69) is 17.4 Å². The molecule has 0 aliphatic carbocycles. The molecule has 0 radical (unpaired) electrons. The molecule has 2 N–H and O–H groups in total. The first-order valence-electron chi connectivity index (χ1n) is 7.07. The Hall–Kier alpha value is -1.00. The normalized spacial score (nSPS) is 15.4. The number of rotatable bonds is 8. The van der Waals surface area contributed by atoms with Crippen molar-refractivity contribution >= 4 is 17.7 Å². The molecular weight excluding hydrogens is 270 g/mol. The third kappa shape index (κ3) is 5.97. The zero-order valence-electron chi connectivity index (χ0n) is 12.5. The number of carbonyl (C=O) groups is 1. The van der Waals surface area contributed by atoms with Crippen molar-refractivity contribution in [3.8, 4) is 0 Å². The summed E-state index contributed by atoms with van der Waals surface area (Å²) in [5.41, 5.74) is 1.28. The van der Waals surface area contributed by atoms with Crippen LogP contribution in [-0.4, -0.2) is 29.4 Å². The Bertz CT molecular complexity index is 397. The van der Waals surface area contributed by atoms with Crippen molar-refractivity contribution in [1.29, 1.82) is 0 Å². The van der Waals surface area contributed by atoms with Crippen LogP contribution in [0.1, 0.15) is 26.3 Å². The van der Waals surface area contributed by atoms with Gasteiger partial charge in [-0.1, -0.05) is 44.2 Å². The number of hydrogen-bond acceptors (Lipinski definition) is 3. The SMILES string of the molecule is CC(CSCc1ccccc1)C(=O)NC(C)C(C)CO. The predicted octanol–water partition coefficient (Wildman–Crippen LogP) is 2.69. The van der Waals surface area contributed by atoms with Crippen molar-refractivity contribution < 1.29 is 9.90 Å². The smallest absolute Gasteiger partial charge is 0.223 e. The van der Waals surface area contributed by atoms with Crippen LogP contribution in [0.5, 0.6) is 0 Å². The van der Waals surface area contributed by atoms with Crippen molar-refractivity contribution in [1.82, 2.24) is 5.32 Å². The second-order valence-corrected chi connectivity index (χ2v) is 6.39. The molecule has 0 heterocycles. The first-order valence-corrected chi connectivity index (χ1v) is 8.23. The van der Waals surface area contributed by atoms with Crippen molar-refractivity contribution in [3.05, 3.63) is 35.9 Å². The number of aliphatic hydroxyl groups is 1. The van der Waals surface area contributed by atoms with Gasteiger partial charge in [0.15, 0.2) is 0 Å². The zero-order chi connectivity index (χ0) is 15.0. The van der Waals surface area contributed by atoms with Crippen LogP contribution in [0.3, 0.4) is 0 Å². The Morgan fingerprint density at radius 1 is 1.25 bits per heavy atom. The molecule has 1 rings (SSSR count). The van der Waals surface area contributed by atoms with E-state index in [1.807, 2.05) is 39.0 Å². The minimum absolute atomic E-state index is 0.00840. The third-order valence-corrected chi connectivity index (χ3v) is 4.71. The highest BCUT2D eigenvalue weighted by atomic mass is 32.2. The van der Waals surface area contributed by atoms with Crippen LogP contribution in [0.25, 0.3) is 0 Å². The summed E-state index contributed by atoms with van der Waals surface area (Å²) >= 11 is 1.77. The monoisotopic (exact) mass is 295 g/mol. The molecular formula is C16H25NO2S. The van der Waals surface area contributed by atoms with Crippen molar-refractivity contribution in [2.45, 2.75) is 32.6 Å². The molecule has 1 aromatic rings. The van der Waals surface area contributed by atoms with Gasteiger partial charge >= 0.3 is 0 Å². The van der Waals surface area contributed by atoms with Gasteiger partial charge in [0.05, 0.1) is 0 Å². The Morgan fingerprint density at radius 2 is 1.90 bits per heavy atom. The summed E-state index contributed by atoms with van der Waals surface area (Å²) in [6.45, 7) is 5.91. The quantitative estimate of drug-likeness (QED) is 0.775. The summed E-state index contributed by atoms with van der Waals surface area (Å²) in [4.78, 5) is 12.0. The molecule has 112 valence electrons.